The standard InChI is InChI=1S/C16H19NO2/c1-11-5-6-13(4-3-9-18)10-15(11)16(19)17-12(2)14-7-8-14/h5-6,10,12,14,18H,7-9H2,1-2H3,(H,17,19). The van der Waals surface area contributed by atoms with Gasteiger partial charge in [-0.3, -0.25) is 4.79 Å². The van der Waals surface area contributed by atoms with Crippen LogP contribution in [0.5, 0.6) is 0 Å². The molecule has 0 saturated heterocycles. The molecule has 1 fully saturated rings. The number of carbonyl (C=O) groups is 1. The second-order valence-electron chi connectivity index (χ2n) is 5.09. The van der Waals surface area contributed by atoms with Crippen LogP contribution in [0.3, 0.4) is 0 Å². The molecule has 0 spiro atoms. The molecule has 1 saturated carbocycles. The Bertz CT molecular complexity index is 535. The van der Waals surface area contributed by atoms with Gasteiger partial charge in [-0.15, -0.1) is 0 Å². The second kappa shape index (κ2) is 5.90. The van der Waals surface area contributed by atoms with Crippen molar-refractivity contribution in [3.05, 3.63) is 34.9 Å². The van der Waals surface area contributed by atoms with Crippen molar-refractivity contribution in [3.63, 3.8) is 0 Å². The van der Waals surface area contributed by atoms with Gasteiger partial charge in [0.15, 0.2) is 0 Å². The van der Waals surface area contributed by atoms with Crippen molar-refractivity contribution < 1.29 is 9.90 Å². The predicted octanol–water partition coefficient (Wildman–Crippen LogP) is 1.87. The fourth-order valence-corrected chi connectivity index (χ4v) is 2.08. The van der Waals surface area contributed by atoms with Crippen LogP contribution in [0.15, 0.2) is 18.2 Å². The Morgan fingerprint density at radius 2 is 2.26 bits per heavy atom. The number of rotatable bonds is 3. The molecule has 1 aliphatic rings. The van der Waals surface area contributed by atoms with Crippen LogP contribution in [0, 0.1) is 24.7 Å². The van der Waals surface area contributed by atoms with Crippen molar-refractivity contribution in [2.75, 3.05) is 6.61 Å². The largest absolute Gasteiger partial charge is 0.384 e. The zero-order valence-electron chi connectivity index (χ0n) is 11.4. The lowest BCUT2D eigenvalue weighted by atomic mass is 10.0. The van der Waals surface area contributed by atoms with Crippen LogP contribution in [-0.4, -0.2) is 23.7 Å². The number of carbonyl (C=O) groups excluding carboxylic acids is 1. The second-order valence-corrected chi connectivity index (χ2v) is 5.09. The average molecular weight is 257 g/mol. The van der Waals surface area contributed by atoms with Crippen LogP contribution < -0.4 is 5.32 Å². The Kier molecular flexibility index (Phi) is 4.24. The van der Waals surface area contributed by atoms with Crippen LogP contribution >= 0.6 is 0 Å². The summed E-state index contributed by atoms with van der Waals surface area (Å²) in [6.07, 6.45) is 2.42. The maximum absolute atomic E-state index is 12.2. The minimum Gasteiger partial charge on any atom is -0.384 e. The SMILES string of the molecule is Cc1ccc(C#CCO)cc1C(=O)NC(C)C1CC1. The average Bonchev–Trinajstić information content (AvgIpc) is 3.21. The van der Waals surface area contributed by atoms with Crippen LogP contribution in [0.1, 0.15) is 41.3 Å². The van der Waals surface area contributed by atoms with Gasteiger partial charge in [-0.25, -0.2) is 0 Å². The van der Waals surface area contributed by atoms with Gasteiger partial charge < -0.3 is 10.4 Å². The molecule has 3 heteroatoms. The minimum absolute atomic E-state index is 0.0375. The van der Waals surface area contributed by atoms with E-state index in [1.54, 1.807) is 6.07 Å². The van der Waals surface area contributed by atoms with E-state index in [1.165, 1.54) is 12.8 Å². The van der Waals surface area contributed by atoms with Crippen molar-refractivity contribution in [2.45, 2.75) is 32.7 Å². The van der Waals surface area contributed by atoms with E-state index in [0.29, 0.717) is 11.5 Å². The first-order chi connectivity index (χ1) is 9.11. The van der Waals surface area contributed by atoms with Gasteiger partial charge in [-0.05, 0) is 50.3 Å². The molecular weight excluding hydrogens is 238 g/mol. The lowest BCUT2D eigenvalue weighted by Gasteiger charge is -2.14. The summed E-state index contributed by atoms with van der Waals surface area (Å²) < 4.78 is 0. The van der Waals surface area contributed by atoms with E-state index in [4.69, 9.17) is 5.11 Å². The lowest BCUT2D eigenvalue weighted by Crippen LogP contribution is -2.34. The summed E-state index contributed by atoms with van der Waals surface area (Å²) in [4.78, 5) is 12.2. The van der Waals surface area contributed by atoms with Crippen molar-refractivity contribution in [1.82, 2.24) is 5.32 Å². The monoisotopic (exact) mass is 257 g/mol. The number of hydrogen-bond acceptors (Lipinski definition) is 2. The van der Waals surface area contributed by atoms with Crippen LogP contribution in [-0.2, 0) is 0 Å². The summed E-state index contributed by atoms with van der Waals surface area (Å²) in [5.74, 6) is 6.02. The molecule has 0 heterocycles. The fraction of sp³-hybridized carbons (Fsp3) is 0.438. The zero-order chi connectivity index (χ0) is 13.8. The molecule has 100 valence electrons. The maximum atomic E-state index is 12.2. The Morgan fingerprint density at radius 3 is 2.89 bits per heavy atom. The van der Waals surface area contributed by atoms with Gasteiger partial charge in [-0.1, -0.05) is 17.9 Å². The highest BCUT2D eigenvalue weighted by Gasteiger charge is 2.29. The smallest absolute Gasteiger partial charge is 0.251 e. The molecule has 3 nitrogen and oxygen atoms in total. The first kappa shape index (κ1) is 13.6. The molecule has 1 amide bonds. The first-order valence-corrected chi connectivity index (χ1v) is 6.63. The molecule has 0 aromatic heterocycles. The molecule has 0 bridgehead atoms. The highest BCUT2D eigenvalue weighted by Crippen LogP contribution is 2.32. The summed E-state index contributed by atoms with van der Waals surface area (Å²) in [5, 5.41) is 11.7. The minimum atomic E-state index is -0.172. The van der Waals surface area contributed by atoms with E-state index < -0.39 is 0 Å². The van der Waals surface area contributed by atoms with Gasteiger partial charge in [0.25, 0.3) is 5.91 Å². The number of aryl methyl sites for hydroxylation is 1. The van der Waals surface area contributed by atoms with Gasteiger partial charge >= 0.3 is 0 Å². The third-order valence-corrected chi connectivity index (χ3v) is 3.48. The van der Waals surface area contributed by atoms with E-state index in [2.05, 4.69) is 24.1 Å². The predicted molar refractivity (Wildman–Crippen MR) is 74.8 cm³/mol. The molecule has 1 aromatic rings. The van der Waals surface area contributed by atoms with Crippen LogP contribution in [0.4, 0.5) is 0 Å². The van der Waals surface area contributed by atoms with Gasteiger partial charge in [-0.2, -0.15) is 0 Å². The zero-order valence-corrected chi connectivity index (χ0v) is 11.4. The van der Waals surface area contributed by atoms with Gasteiger partial charge in [0, 0.05) is 17.2 Å². The normalized spacial score (nSPS) is 15.3. The third kappa shape index (κ3) is 3.59. The van der Waals surface area contributed by atoms with Gasteiger partial charge in [0.1, 0.15) is 6.61 Å². The molecule has 0 aliphatic heterocycles. The molecule has 0 radical (unpaired) electrons. The Morgan fingerprint density at radius 1 is 1.53 bits per heavy atom. The lowest BCUT2D eigenvalue weighted by molar-refractivity contribution is 0.0935. The van der Waals surface area contributed by atoms with Gasteiger partial charge in [0.2, 0.25) is 0 Å². The highest BCUT2D eigenvalue weighted by atomic mass is 16.2. The van der Waals surface area contributed by atoms with E-state index in [9.17, 15) is 4.79 Å². The summed E-state index contributed by atoms with van der Waals surface area (Å²) in [6, 6.07) is 5.77. The first-order valence-electron chi connectivity index (χ1n) is 6.63. The molecule has 1 unspecified atom stereocenters. The van der Waals surface area contributed by atoms with E-state index >= 15 is 0 Å². The quantitative estimate of drug-likeness (QED) is 0.812. The van der Waals surface area contributed by atoms with E-state index in [1.807, 2.05) is 19.1 Å². The molecule has 19 heavy (non-hydrogen) atoms. The molecule has 2 N–H and O–H groups in total. The Balaban J connectivity index is 2.14. The number of aliphatic hydroxyl groups excluding tert-OH is 1. The summed E-state index contributed by atoms with van der Waals surface area (Å²) in [5.41, 5.74) is 2.36. The summed E-state index contributed by atoms with van der Waals surface area (Å²) >= 11 is 0. The number of amides is 1. The molecule has 2 rings (SSSR count). The topological polar surface area (TPSA) is 49.3 Å². The fourth-order valence-electron chi connectivity index (χ4n) is 2.08. The number of aliphatic hydroxyl groups is 1. The summed E-state index contributed by atoms with van der Waals surface area (Å²) in [7, 11) is 0. The third-order valence-electron chi connectivity index (χ3n) is 3.48. The number of nitrogens with one attached hydrogen (secondary N) is 1. The maximum Gasteiger partial charge on any atom is 0.251 e. The van der Waals surface area contributed by atoms with E-state index in [0.717, 1.165) is 11.1 Å². The van der Waals surface area contributed by atoms with Crippen molar-refractivity contribution in [2.24, 2.45) is 5.92 Å². The molecular formula is C16H19NO2. The summed E-state index contributed by atoms with van der Waals surface area (Å²) in [6.45, 7) is 3.80. The van der Waals surface area contributed by atoms with Crippen LogP contribution in [0.25, 0.3) is 0 Å². The molecule has 1 aliphatic carbocycles. The number of hydrogen-bond donors (Lipinski definition) is 2. The van der Waals surface area contributed by atoms with Crippen molar-refractivity contribution in [3.8, 4) is 11.8 Å². The van der Waals surface area contributed by atoms with Crippen LogP contribution in [0.2, 0.25) is 0 Å². The Hall–Kier alpha value is -1.79. The van der Waals surface area contributed by atoms with E-state index in [-0.39, 0.29) is 18.6 Å². The highest BCUT2D eigenvalue weighted by molar-refractivity contribution is 5.96. The van der Waals surface area contributed by atoms with Crippen molar-refractivity contribution >= 4 is 5.91 Å². The van der Waals surface area contributed by atoms with Crippen molar-refractivity contribution in [1.29, 1.82) is 0 Å². The number of benzene rings is 1. The molecule has 1 aromatic carbocycles. The Labute approximate surface area is 114 Å². The van der Waals surface area contributed by atoms with Gasteiger partial charge in [0.05, 0.1) is 0 Å². The molecule has 1 atom stereocenters.